The van der Waals surface area contributed by atoms with E-state index in [-0.39, 0.29) is 16.0 Å². The fourth-order valence-corrected chi connectivity index (χ4v) is 4.39. The number of benzene rings is 2. The van der Waals surface area contributed by atoms with Crippen LogP contribution in [0.5, 0.6) is 11.5 Å². The lowest BCUT2D eigenvalue weighted by Crippen LogP contribution is -2.25. The first-order chi connectivity index (χ1) is 13.8. The third-order valence-electron chi connectivity index (χ3n) is 4.06. The van der Waals surface area contributed by atoms with E-state index in [4.69, 9.17) is 15.2 Å². The van der Waals surface area contributed by atoms with Gasteiger partial charge in [-0.2, -0.15) is 13.2 Å². The Morgan fingerprint density at radius 1 is 1.20 bits per heavy atom. The zero-order chi connectivity index (χ0) is 22.4. The molecule has 30 heavy (non-hydrogen) atoms. The summed E-state index contributed by atoms with van der Waals surface area (Å²) in [5.74, 6) is -2.16. The Kier molecular flexibility index (Phi) is 5.54. The molecule has 0 spiro atoms. The van der Waals surface area contributed by atoms with Gasteiger partial charge in [-0.3, -0.25) is 4.79 Å². The number of hydrogen-bond acceptors (Lipinski definition) is 6. The summed E-state index contributed by atoms with van der Waals surface area (Å²) >= 11 is 3.04. The van der Waals surface area contributed by atoms with E-state index >= 15 is 0 Å². The number of alkyl halides is 3. The Morgan fingerprint density at radius 2 is 1.87 bits per heavy atom. The molecule has 160 valence electrons. The van der Waals surface area contributed by atoms with Gasteiger partial charge in [0.05, 0.1) is 11.3 Å². The van der Waals surface area contributed by atoms with Crippen molar-refractivity contribution in [3.63, 3.8) is 0 Å². The second-order valence-corrected chi connectivity index (χ2v) is 8.89. The zero-order valence-corrected chi connectivity index (χ0v) is 16.9. The standard InChI is InChI=1S/C17H10BrF4NO6S/c18-7-3-8(19)5-9(4-7)28-11-1-2-13(30(26,27)17(20,21)22)14-10(24)6-12(15(11)14)29-16(23)25/h1-5,12H,6H2,(H2,23,25). The van der Waals surface area contributed by atoms with Crippen LogP contribution in [0.1, 0.15) is 28.4 Å². The van der Waals surface area contributed by atoms with Gasteiger partial charge in [-0.05, 0) is 24.3 Å². The summed E-state index contributed by atoms with van der Waals surface area (Å²) in [5, 5.41) is 0. The molecule has 2 aromatic rings. The van der Waals surface area contributed by atoms with E-state index < -0.39 is 61.6 Å². The van der Waals surface area contributed by atoms with Crippen molar-refractivity contribution in [2.24, 2.45) is 5.73 Å². The third-order valence-corrected chi connectivity index (χ3v) is 6.04. The molecule has 0 bridgehead atoms. The van der Waals surface area contributed by atoms with E-state index in [1.54, 1.807) is 0 Å². The van der Waals surface area contributed by atoms with Crippen LogP contribution in [0.3, 0.4) is 0 Å². The maximum absolute atomic E-state index is 13.6. The van der Waals surface area contributed by atoms with Crippen LogP contribution in [0.15, 0.2) is 39.7 Å². The van der Waals surface area contributed by atoms with Crippen LogP contribution >= 0.6 is 15.9 Å². The van der Waals surface area contributed by atoms with Gasteiger partial charge in [-0.1, -0.05) is 15.9 Å². The lowest BCUT2D eigenvalue weighted by molar-refractivity contribution is -0.0436. The highest BCUT2D eigenvalue weighted by Crippen LogP contribution is 2.46. The molecule has 2 N–H and O–H groups in total. The van der Waals surface area contributed by atoms with Crippen molar-refractivity contribution < 1.29 is 45.0 Å². The number of ketones is 1. The molecule has 0 aromatic heterocycles. The molecule has 1 aliphatic rings. The largest absolute Gasteiger partial charge is 0.501 e. The van der Waals surface area contributed by atoms with Gasteiger partial charge in [0.25, 0.3) is 9.84 Å². The van der Waals surface area contributed by atoms with Crippen molar-refractivity contribution in [3.8, 4) is 11.5 Å². The minimum atomic E-state index is -5.91. The molecule has 0 radical (unpaired) electrons. The predicted molar refractivity (Wildman–Crippen MR) is 96.2 cm³/mol. The average molecular weight is 512 g/mol. The topological polar surface area (TPSA) is 113 Å². The second-order valence-electron chi connectivity index (χ2n) is 6.06. The van der Waals surface area contributed by atoms with Gasteiger partial charge in [-0.15, -0.1) is 0 Å². The van der Waals surface area contributed by atoms with E-state index in [2.05, 4.69) is 15.9 Å². The molecule has 1 aliphatic carbocycles. The number of carbonyl (C=O) groups excluding carboxylic acids is 2. The number of halogens is 5. The molecule has 3 rings (SSSR count). The van der Waals surface area contributed by atoms with Gasteiger partial charge < -0.3 is 15.2 Å². The second kappa shape index (κ2) is 7.54. The van der Waals surface area contributed by atoms with Crippen LogP contribution in [0.2, 0.25) is 0 Å². The highest BCUT2D eigenvalue weighted by molar-refractivity contribution is 9.10. The summed E-state index contributed by atoms with van der Waals surface area (Å²) in [7, 11) is -5.91. The summed E-state index contributed by atoms with van der Waals surface area (Å²) in [4.78, 5) is 22.2. The molecule has 1 atom stereocenters. The maximum Gasteiger partial charge on any atom is 0.501 e. The van der Waals surface area contributed by atoms with E-state index in [0.29, 0.717) is 6.07 Å². The van der Waals surface area contributed by atoms with Crippen LogP contribution in [-0.2, 0) is 14.6 Å². The average Bonchev–Trinajstić information content (AvgIpc) is 2.89. The van der Waals surface area contributed by atoms with Crippen molar-refractivity contribution in [2.45, 2.75) is 22.9 Å². The zero-order valence-electron chi connectivity index (χ0n) is 14.5. The van der Waals surface area contributed by atoms with Crippen molar-refractivity contribution in [2.75, 3.05) is 0 Å². The van der Waals surface area contributed by atoms with Crippen LogP contribution in [0, 0.1) is 5.82 Å². The number of Topliss-reactive ketones (excluding diaryl/α,β-unsaturated/α-hetero) is 1. The quantitative estimate of drug-likeness (QED) is 0.608. The minimum absolute atomic E-state index is 0.118. The summed E-state index contributed by atoms with van der Waals surface area (Å²) in [6, 6.07) is 4.77. The Hall–Kier alpha value is -2.67. The number of carbonyl (C=O) groups is 2. The first-order valence-electron chi connectivity index (χ1n) is 7.92. The number of rotatable bonds is 4. The number of amides is 1. The van der Waals surface area contributed by atoms with Crippen molar-refractivity contribution in [3.05, 3.63) is 51.7 Å². The molecule has 13 heteroatoms. The number of sulfone groups is 1. The van der Waals surface area contributed by atoms with Gasteiger partial charge in [-0.25, -0.2) is 17.6 Å². The molecular formula is C17H10BrF4NO6S. The number of ether oxygens (including phenoxy) is 2. The van der Waals surface area contributed by atoms with Gasteiger partial charge in [0.2, 0.25) is 0 Å². The van der Waals surface area contributed by atoms with Crippen molar-refractivity contribution >= 4 is 37.6 Å². The Morgan fingerprint density at radius 3 is 2.43 bits per heavy atom. The predicted octanol–water partition coefficient (Wildman–Crippen LogP) is 4.40. The fourth-order valence-electron chi connectivity index (χ4n) is 2.95. The summed E-state index contributed by atoms with van der Waals surface area (Å²) < 4.78 is 87.2. The molecule has 0 fully saturated rings. The van der Waals surface area contributed by atoms with E-state index in [1.807, 2.05) is 0 Å². The van der Waals surface area contributed by atoms with Gasteiger partial charge in [0.15, 0.2) is 5.78 Å². The molecule has 7 nitrogen and oxygen atoms in total. The van der Waals surface area contributed by atoms with Crippen LogP contribution < -0.4 is 10.5 Å². The summed E-state index contributed by atoms with van der Waals surface area (Å²) in [5.41, 5.74) is -1.98. The number of nitrogens with two attached hydrogens (primary N) is 1. The molecule has 2 aromatic carbocycles. The molecule has 0 aliphatic heterocycles. The highest BCUT2D eigenvalue weighted by atomic mass is 79.9. The third kappa shape index (κ3) is 3.99. The van der Waals surface area contributed by atoms with E-state index in [9.17, 15) is 35.6 Å². The smallest absolute Gasteiger partial charge is 0.457 e. The Labute approximate surface area is 174 Å². The first kappa shape index (κ1) is 22.0. The number of fused-ring (bicyclic) bond motifs is 1. The SMILES string of the molecule is NC(=O)OC1CC(=O)c2c(S(=O)(=O)C(F)(F)F)ccc(Oc3cc(F)cc(Br)c3)c21. The fraction of sp³-hybridized carbons (Fsp3) is 0.176. The highest BCUT2D eigenvalue weighted by Gasteiger charge is 2.51. The lowest BCUT2D eigenvalue weighted by atomic mass is 10.1. The van der Waals surface area contributed by atoms with Gasteiger partial charge >= 0.3 is 11.6 Å². The summed E-state index contributed by atoms with van der Waals surface area (Å²) in [6.07, 6.45) is -3.48. The molecule has 0 saturated carbocycles. The van der Waals surface area contributed by atoms with Crippen molar-refractivity contribution in [1.82, 2.24) is 0 Å². The van der Waals surface area contributed by atoms with Crippen LogP contribution in [0.4, 0.5) is 22.4 Å². The van der Waals surface area contributed by atoms with E-state index in [1.165, 1.54) is 6.07 Å². The van der Waals surface area contributed by atoms with Gasteiger partial charge in [0, 0.05) is 21.7 Å². The van der Waals surface area contributed by atoms with Crippen LogP contribution in [-0.4, -0.2) is 25.8 Å². The normalized spacial score (nSPS) is 16.3. The first-order valence-corrected chi connectivity index (χ1v) is 10.2. The molecular weight excluding hydrogens is 502 g/mol. The van der Waals surface area contributed by atoms with Crippen molar-refractivity contribution in [1.29, 1.82) is 0 Å². The lowest BCUT2D eigenvalue weighted by Gasteiger charge is -2.18. The Bertz CT molecular complexity index is 1150. The molecule has 1 unspecified atom stereocenters. The monoisotopic (exact) mass is 511 g/mol. The molecule has 0 saturated heterocycles. The summed E-state index contributed by atoms with van der Waals surface area (Å²) in [6.45, 7) is 0. The Balaban J connectivity index is 2.23. The number of primary amides is 1. The minimum Gasteiger partial charge on any atom is -0.457 e. The number of hydrogen-bond donors (Lipinski definition) is 1. The van der Waals surface area contributed by atoms with Crippen LogP contribution in [0.25, 0.3) is 0 Å². The molecule has 1 amide bonds. The van der Waals surface area contributed by atoms with E-state index in [0.717, 1.165) is 18.2 Å². The maximum atomic E-state index is 13.6. The van der Waals surface area contributed by atoms with Gasteiger partial charge in [0.1, 0.15) is 23.4 Å². The molecule has 0 heterocycles.